The van der Waals surface area contributed by atoms with E-state index in [0.717, 1.165) is 19.4 Å². The predicted octanol–water partition coefficient (Wildman–Crippen LogP) is 4.03. The Morgan fingerprint density at radius 3 is 2.05 bits per heavy atom. The highest BCUT2D eigenvalue weighted by Gasteiger charge is 2.44. The summed E-state index contributed by atoms with van der Waals surface area (Å²) in [4.78, 5) is 0. The van der Waals surface area contributed by atoms with Gasteiger partial charge in [-0.3, -0.25) is 0 Å². The van der Waals surface area contributed by atoms with Crippen LogP contribution in [0.2, 0.25) is 37.8 Å². The highest BCUT2D eigenvalue weighted by atomic mass is 28.4. The number of aliphatic hydroxyl groups is 1. The number of hydrogen-bond donors (Lipinski definition) is 1. The first-order valence-electron chi connectivity index (χ1n) is 7.65. The molecule has 1 N–H and O–H groups in total. The van der Waals surface area contributed by atoms with Crippen LogP contribution >= 0.6 is 0 Å². The highest BCUT2D eigenvalue weighted by molar-refractivity contribution is 6.83. The second kappa shape index (κ2) is 5.60. The first-order valence-corrected chi connectivity index (χ1v) is 14.1. The van der Waals surface area contributed by atoms with Gasteiger partial charge in [-0.25, -0.2) is 0 Å². The van der Waals surface area contributed by atoms with Gasteiger partial charge in [0.05, 0.1) is 0 Å². The van der Waals surface area contributed by atoms with Crippen molar-refractivity contribution >= 4 is 16.4 Å². The van der Waals surface area contributed by atoms with Crippen LogP contribution in [0.1, 0.15) is 33.6 Å². The Labute approximate surface area is 127 Å². The van der Waals surface area contributed by atoms with Gasteiger partial charge >= 0.3 is 0 Å². The summed E-state index contributed by atoms with van der Waals surface area (Å²) >= 11 is 0. The van der Waals surface area contributed by atoms with Gasteiger partial charge in [-0.05, 0) is 36.9 Å². The van der Waals surface area contributed by atoms with Crippen LogP contribution in [0.15, 0.2) is 0 Å². The van der Waals surface area contributed by atoms with Crippen molar-refractivity contribution in [1.29, 1.82) is 0 Å². The van der Waals surface area contributed by atoms with Crippen LogP contribution in [0.25, 0.3) is 0 Å². The van der Waals surface area contributed by atoms with E-state index in [4.69, 9.17) is 4.43 Å². The van der Waals surface area contributed by atoms with E-state index in [-0.39, 0.29) is 5.04 Å². The predicted molar refractivity (Wildman–Crippen MR) is 91.9 cm³/mol. The van der Waals surface area contributed by atoms with E-state index in [9.17, 15) is 5.11 Å². The van der Waals surface area contributed by atoms with Gasteiger partial charge in [0, 0.05) is 6.61 Å². The Hall–Kier alpha value is -0.0862. The van der Waals surface area contributed by atoms with Crippen molar-refractivity contribution in [2.24, 2.45) is 5.92 Å². The topological polar surface area (TPSA) is 29.5 Å². The van der Waals surface area contributed by atoms with Gasteiger partial charge in [0.1, 0.15) is 13.7 Å². The third-order valence-corrected chi connectivity index (χ3v) is 9.78. The molecule has 0 bridgehead atoms. The number of hydrogen-bond acceptors (Lipinski definition) is 2. The van der Waals surface area contributed by atoms with Gasteiger partial charge in [0.2, 0.25) is 0 Å². The molecule has 0 radical (unpaired) electrons. The van der Waals surface area contributed by atoms with Gasteiger partial charge in [-0.15, -0.1) is 5.54 Å². The minimum absolute atomic E-state index is 0.255. The van der Waals surface area contributed by atoms with E-state index in [0.29, 0.717) is 5.92 Å². The van der Waals surface area contributed by atoms with Crippen LogP contribution in [-0.4, -0.2) is 33.7 Å². The van der Waals surface area contributed by atoms with Gasteiger partial charge in [0.15, 0.2) is 8.32 Å². The lowest BCUT2D eigenvalue weighted by Crippen LogP contribution is -2.48. The maximum Gasteiger partial charge on any atom is 0.191 e. The Balaban J connectivity index is 2.45. The van der Waals surface area contributed by atoms with Crippen molar-refractivity contribution in [1.82, 2.24) is 0 Å². The Morgan fingerprint density at radius 2 is 1.65 bits per heavy atom. The zero-order valence-electron chi connectivity index (χ0n) is 14.6. The lowest BCUT2D eigenvalue weighted by Gasteiger charge is -2.43. The zero-order valence-corrected chi connectivity index (χ0v) is 16.6. The third kappa shape index (κ3) is 5.03. The molecule has 0 aliphatic heterocycles. The van der Waals surface area contributed by atoms with Crippen molar-refractivity contribution in [2.45, 2.75) is 77.0 Å². The molecule has 0 aromatic heterocycles. The molecule has 116 valence electrons. The van der Waals surface area contributed by atoms with Crippen molar-refractivity contribution in [3.8, 4) is 11.5 Å². The third-order valence-electron chi connectivity index (χ3n) is 4.41. The summed E-state index contributed by atoms with van der Waals surface area (Å²) in [6.45, 7) is 18.8. The average Bonchev–Trinajstić information content (AvgIpc) is 2.17. The van der Waals surface area contributed by atoms with Gasteiger partial charge in [-0.1, -0.05) is 46.3 Å². The summed E-state index contributed by atoms with van der Waals surface area (Å²) < 4.78 is 6.22. The van der Waals surface area contributed by atoms with Crippen molar-refractivity contribution < 1.29 is 9.53 Å². The second-order valence-electron chi connectivity index (χ2n) is 8.88. The summed E-state index contributed by atoms with van der Waals surface area (Å²) in [6, 6.07) is 0. The fraction of sp³-hybridized carbons (Fsp3) is 0.875. The highest BCUT2D eigenvalue weighted by Crippen LogP contribution is 2.41. The summed E-state index contributed by atoms with van der Waals surface area (Å²) in [5.74, 6) is 3.59. The molecule has 0 atom stereocenters. The molecule has 20 heavy (non-hydrogen) atoms. The first-order chi connectivity index (χ1) is 8.74. The minimum Gasteiger partial charge on any atom is -0.417 e. The normalized spacial score (nSPS) is 27.6. The minimum atomic E-state index is -1.66. The van der Waals surface area contributed by atoms with Crippen LogP contribution < -0.4 is 0 Å². The summed E-state index contributed by atoms with van der Waals surface area (Å²) in [7, 11) is -3.05. The Morgan fingerprint density at radius 1 is 1.15 bits per heavy atom. The molecule has 1 saturated carbocycles. The average molecular weight is 313 g/mol. The molecule has 0 aromatic carbocycles. The molecule has 1 aliphatic rings. The molecule has 0 unspecified atom stereocenters. The van der Waals surface area contributed by atoms with E-state index in [1.54, 1.807) is 0 Å². The van der Waals surface area contributed by atoms with E-state index >= 15 is 0 Å². The zero-order chi connectivity index (χ0) is 15.8. The smallest absolute Gasteiger partial charge is 0.191 e. The molecule has 1 fully saturated rings. The van der Waals surface area contributed by atoms with E-state index in [2.05, 4.69) is 65.0 Å². The molecule has 0 saturated heterocycles. The lowest BCUT2D eigenvalue weighted by molar-refractivity contribution is -0.0388. The molecule has 1 aliphatic carbocycles. The lowest BCUT2D eigenvalue weighted by atomic mass is 9.72. The molecular formula is C16H32O2Si2. The maximum atomic E-state index is 10.3. The molecule has 0 heterocycles. The number of rotatable bonds is 3. The molecule has 0 amide bonds. The van der Waals surface area contributed by atoms with Crippen molar-refractivity contribution in [2.75, 3.05) is 6.61 Å². The Kier molecular flexibility index (Phi) is 5.03. The summed E-state index contributed by atoms with van der Waals surface area (Å²) in [5, 5.41) is 10.6. The SMILES string of the molecule is CC(C)(C)[Si](C)(C)OCC1CC(O)(C#C[Si](C)(C)C)C1. The van der Waals surface area contributed by atoms with E-state index < -0.39 is 22.0 Å². The largest absolute Gasteiger partial charge is 0.417 e. The van der Waals surface area contributed by atoms with Crippen LogP contribution in [-0.2, 0) is 4.43 Å². The van der Waals surface area contributed by atoms with Gasteiger partial charge in [0.25, 0.3) is 0 Å². The Bertz CT molecular complexity index is 399. The molecule has 4 heteroatoms. The summed E-state index contributed by atoms with van der Waals surface area (Å²) in [5.41, 5.74) is 2.55. The molecule has 1 rings (SSSR count). The molecule has 0 spiro atoms. The van der Waals surface area contributed by atoms with Crippen LogP contribution in [0, 0.1) is 17.4 Å². The maximum absolute atomic E-state index is 10.3. The quantitative estimate of drug-likeness (QED) is 0.630. The molecular weight excluding hydrogens is 280 g/mol. The first kappa shape index (κ1) is 18.0. The standard InChI is InChI=1S/C16H32O2Si2/c1-15(2,3)20(7,8)18-13-14-11-16(17,12-14)9-10-19(4,5)6/h14,17H,11-13H2,1-8H3. The van der Waals surface area contributed by atoms with E-state index in [1.165, 1.54) is 0 Å². The van der Waals surface area contributed by atoms with Gasteiger partial charge in [-0.2, -0.15) is 0 Å². The molecule has 0 aromatic rings. The monoisotopic (exact) mass is 312 g/mol. The van der Waals surface area contributed by atoms with Gasteiger partial charge < -0.3 is 9.53 Å². The fourth-order valence-electron chi connectivity index (χ4n) is 1.96. The van der Waals surface area contributed by atoms with Crippen LogP contribution in [0.3, 0.4) is 0 Å². The second-order valence-corrected chi connectivity index (χ2v) is 18.4. The van der Waals surface area contributed by atoms with E-state index in [1.807, 2.05) is 0 Å². The fourth-order valence-corrected chi connectivity index (χ4v) is 3.65. The molecule has 2 nitrogen and oxygen atoms in total. The van der Waals surface area contributed by atoms with Crippen LogP contribution in [0.4, 0.5) is 0 Å². The van der Waals surface area contributed by atoms with Crippen molar-refractivity contribution in [3.05, 3.63) is 0 Å². The van der Waals surface area contributed by atoms with Crippen molar-refractivity contribution in [3.63, 3.8) is 0 Å². The van der Waals surface area contributed by atoms with Crippen LogP contribution in [0.5, 0.6) is 0 Å². The summed E-state index contributed by atoms with van der Waals surface area (Å²) in [6.07, 6.45) is 1.55.